The number of urea groups is 1. The van der Waals surface area contributed by atoms with Crippen LogP contribution in [-0.4, -0.2) is 73.1 Å². The quantitative estimate of drug-likeness (QED) is 0.631. The summed E-state index contributed by atoms with van der Waals surface area (Å²) < 4.78 is 27.7. The summed E-state index contributed by atoms with van der Waals surface area (Å²) in [7, 11) is -3.65. The third-order valence-electron chi connectivity index (χ3n) is 7.22. The molecule has 0 bridgehead atoms. The highest BCUT2D eigenvalue weighted by Gasteiger charge is 2.49. The van der Waals surface area contributed by atoms with Crippen LogP contribution in [0, 0.1) is 0 Å². The summed E-state index contributed by atoms with van der Waals surface area (Å²) in [5.41, 5.74) is 1.71. The first kappa shape index (κ1) is 23.5. The van der Waals surface area contributed by atoms with Crippen molar-refractivity contribution in [1.82, 2.24) is 19.4 Å². The average Bonchev–Trinajstić information content (AvgIpc) is 3.43. The molecule has 35 heavy (non-hydrogen) atoms. The number of fused-ring (bicyclic) bond motifs is 1. The minimum atomic E-state index is -3.65. The Kier molecular flexibility index (Phi) is 5.88. The van der Waals surface area contributed by atoms with Crippen LogP contribution in [0.3, 0.4) is 0 Å². The Morgan fingerprint density at radius 2 is 1.66 bits per heavy atom. The van der Waals surface area contributed by atoms with Crippen molar-refractivity contribution in [3.63, 3.8) is 0 Å². The van der Waals surface area contributed by atoms with Crippen LogP contribution in [-0.2, 0) is 38.0 Å². The molecule has 1 aliphatic carbocycles. The number of carbonyl (C=O) groups excluding carboxylic acids is 3. The maximum absolute atomic E-state index is 13.2. The second kappa shape index (κ2) is 8.76. The van der Waals surface area contributed by atoms with E-state index in [1.165, 1.54) is 14.8 Å². The third kappa shape index (κ3) is 4.10. The Morgan fingerprint density at radius 3 is 2.37 bits per heavy atom. The van der Waals surface area contributed by atoms with Gasteiger partial charge in [-0.15, -0.1) is 0 Å². The van der Waals surface area contributed by atoms with Gasteiger partial charge in [0.15, 0.2) is 0 Å². The highest BCUT2D eigenvalue weighted by molar-refractivity contribution is 7.89. The predicted molar refractivity (Wildman–Crippen MR) is 128 cm³/mol. The molecule has 1 N–H and O–H groups in total. The van der Waals surface area contributed by atoms with Crippen molar-refractivity contribution >= 4 is 27.9 Å². The predicted octanol–water partition coefficient (Wildman–Crippen LogP) is 1.48. The van der Waals surface area contributed by atoms with Crippen molar-refractivity contribution in [3.05, 3.63) is 65.2 Å². The molecule has 4 amide bonds. The molecule has 0 aromatic heterocycles. The number of carbonyl (C=O) groups is 3. The van der Waals surface area contributed by atoms with Crippen molar-refractivity contribution in [2.45, 2.75) is 36.6 Å². The summed E-state index contributed by atoms with van der Waals surface area (Å²) in [6.07, 6.45) is 2.92. The van der Waals surface area contributed by atoms with E-state index in [1.807, 2.05) is 12.1 Å². The zero-order valence-corrected chi connectivity index (χ0v) is 20.4. The second-order valence-electron chi connectivity index (χ2n) is 9.38. The molecule has 9 nitrogen and oxygen atoms in total. The fourth-order valence-electron chi connectivity index (χ4n) is 5.08. The lowest BCUT2D eigenvalue weighted by molar-refractivity contribution is -0.139. The number of nitrogens with zero attached hydrogens (tertiary/aromatic N) is 3. The highest BCUT2D eigenvalue weighted by Crippen LogP contribution is 2.29. The minimum Gasteiger partial charge on any atom is -0.338 e. The molecule has 2 heterocycles. The number of amides is 4. The largest absolute Gasteiger partial charge is 0.338 e. The van der Waals surface area contributed by atoms with Gasteiger partial charge in [0.1, 0.15) is 12.1 Å². The zero-order valence-electron chi connectivity index (χ0n) is 19.6. The van der Waals surface area contributed by atoms with E-state index < -0.39 is 27.5 Å². The van der Waals surface area contributed by atoms with Crippen molar-refractivity contribution in [2.75, 3.05) is 32.7 Å². The Bertz CT molecular complexity index is 1290. The third-order valence-corrected chi connectivity index (χ3v) is 9.11. The first-order chi connectivity index (χ1) is 16.7. The molecular weight excluding hydrogens is 468 g/mol. The lowest BCUT2D eigenvalue weighted by Crippen LogP contribution is -2.53. The van der Waals surface area contributed by atoms with Crippen molar-refractivity contribution in [3.8, 4) is 0 Å². The molecule has 184 valence electrons. The average molecular weight is 497 g/mol. The molecule has 2 aromatic carbocycles. The number of nitrogens with one attached hydrogen (secondary N) is 1. The second-order valence-corrected chi connectivity index (χ2v) is 11.3. The minimum absolute atomic E-state index is 0.160. The number of piperazine rings is 1. The van der Waals surface area contributed by atoms with Crippen molar-refractivity contribution in [1.29, 1.82) is 0 Å². The van der Waals surface area contributed by atoms with Crippen LogP contribution in [0.1, 0.15) is 30.0 Å². The molecule has 1 atom stereocenters. The molecule has 5 rings (SSSR count). The number of hydrogen-bond donors (Lipinski definition) is 1. The van der Waals surface area contributed by atoms with Crippen molar-refractivity contribution < 1.29 is 22.8 Å². The number of sulfonamides is 1. The molecule has 2 aromatic rings. The lowest BCUT2D eigenvalue weighted by atomic mass is 9.92. The smallest absolute Gasteiger partial charge is 0.325 e. The lowest BCUT2D eigenvalue weighted by Gasteiger charge is -2.34. The monoisotopic (exact) mass is 496 g/mol. The van der Waals surface area contributed by atoms with E-state index in [4.69, 9.17) is 0 Å². The Labute approximate surface area is 204 Å². The van der Waals surface area contributed by atoms with Crippen LogP contribution in [0.25, 0.3) is 0 Å². The van der Waals surface area contributed by atoms with Gasteiger partial charge in [-0.2, -0.15) is 4.31 Å². The fourth-order valence-corrected chi connectivity index (χ4v) is 6.55. The van der Waals surface area contributed by atoms with Gasteiger partial charge in [-0.3, -0.25) is 14.5 Å². The summed E-state index contributed by atoms with van der Waals surface area (Å²) in [5.74, 6) is -0.875. The summed E-state index contributed by atoms with van der Waals surface area (Å²) in [4.78, 5) is 41.3. The Morgan fingerprint density at radius 1 is 0.971 bits per heavy atom. The molecule has 3 aliphatic rings. The van der Waals surface area contributed by atoms with Gasteiger partial charge < -0.3 is 10.2 Å². The van der Waals surface area contributed by atoms with Crippen LogP contribution >= 0.6 is 0 Å². The van der Waals surface area contributed by atoms with Gasteiger partial charge in [0, 0.05) is 26.2 Å². The van der Waals surface area contributed by atoms with Crippen LogP contribution in [0.2, 0.25) is 0 Å². The molecule has 0 radical (unpaired) electrons. The van der Waals surface area contributed by atoms with E-state index in [-0.39, 0.29) is 43.5 Å². The highest BCUT2D eigenvalue weighted by atomic mass is 32.2. The first-order valence-electron chi connectivity index (χ1n) is 11.8. The topological polar surface area (TPSA) is 107 Å². The molecule has 2 saturated heterocycles. The van der Waals surface area contributed by atoms with Crippen LogP contribution in [0.4, 0.5) is 4.79 Å². The number of rotatable bonds is 5. The SMILES string of the molecule is C[C@@]1(c2ccccc2)NC(=O)N(CC(=O)N2CCN(S(=O)(=O)c3ccc4c(c3)CCC4)CC2)C1=O. The zero-order chi connectivity index (χ0) is 24.8. The van der Waals surface area contributed by atoms with Gasteiger partial charge in [0.25, 0.3) is 5.91 Å². The number of benzene rings is 2. The molecule has 2 aliphatic heterocycles. The van der Waals surface area contributed by atoms with Crippen molar-refractivity contribution in [2.24, 2.45) is 0 Å². The molecule has 10 heteroatoms. The Hall–Kier alpha value is -3.24. The number of hydrogen-bond acceptors (Lipinski definition) is 5. The summed E-state index contributed by atoms with van der Waals surface area (Å²) in [6, 6.07) is 13.6. The summed E-state index contributed by atoms with van der Waals surface area (Å²) in [5, 5.41) is 2.70. The number of aryl methyl sites for hydroxylation is 2. The van der Waals surface area contributed by atoms with Gasteiger partial charge in [-0.05, 0) is 55.0 Å². The molecule has 0 saturated carbocycles. The van der Waals surface area contributed by atoms with Gasteiger partial charge in [-0.1, -0.05) is 36.4 Å². The Balaban J connectivity index is 1.22. The summed E-state index contributed by atoms with van der Waals surface area (Å²) >= 11 is 0. The molecule has 2 fully saturated rings. The maximum Gasteiger partial charge on any atom is 0.325 e. The van der Waals surface area contributed by atoms with E-state index >= 15 is 0 Å². The van der Waals surface area contributed by atoms with Gasteiger partial charge in [0.05, 0.1) is 4.90 Å². The fraction of sp³-hybridized carbons (Fsp3) is 0.400. The summed E-state index contributed by atoms with van der Waals surface area (Å²) in [6.45, 7) is 1.95. The van der Waals surface area contributed by atoms with E-state index in [1.54, 1.807) is 43.3 Å². The standard InChI is InChI=1S/C25H28N4O5S/c1-25(20-8-3-2-4-9-20)23(31)29(24(32)26-25)17-22(30)27-12-14-28(15-13-27)35(33,34)21-11-10-18-6-5-7-19(18)16-21/h2-4,8-11,16H,5-7,12-15,17H2,1H3,(H,26,32)/t25-/m0/s1. The van der Waals surface area contributed by atoms with Crippen LogP contribution in [0.5, 0.6) is 0 Å². The normalized spacial score (nSPS) is 22.9. The van der Waals surface area contributed by atoms with E-state index in [0.29, 0.717) is 5.56 Å². The van der Waals surface area contributed by atoms with E-state index in [2.05, 4.69) is 5.32 Å². The van der Waals surface area contributed by atoms with E-state index in [9.17, 15) is 22.8 Å². The first-order valence-corrected chi connectivity index (χ1v) is 13.2. The van der Waals surface area contributed by atoms with Crippen LogP contribution in [0.15, 0.2) is 53.4 Å². The molecule has 0 unspecified atom stereocenters. The number of imide groups is 1. The van der Waals surface area contributed by atoms with Crippen LogP contribution < -0.4 is 5.32 Å². The van der Waals surface area contributed by atoms with Gasteiger partial charge in [0.2, 0.25) is 15.9 Å². The van der Waals surface area contributed by atoms with Gasteiger partial charge >= 0.3 is 6.03 Å². The molecule has 0 spiro atoms. The molecular formula is C25H28N4O5S. The van der Waals surface area contributed by atoms with Gasteiger partial charge in [-0.25, -0.2) is 13.2 Å². The maximum atomic E-state index is 13.2. The van der Waals surface area contributed by atoms with E-state index in [0.717, 1.165) is 29.7 Å².